The van der Waals surface area contributed by atoms with Crippen molar-refractivity contribution in [1.29, 1.82) is 0 Å². The SMILES string of the molecule is C[NH+](C)[C@@H](CNC(=O)COc1ccc([N+](=O)[O-])cc1Cl)c1ccccc1. The lowest BCUT2D eigenvalue weighted by Crippen LogP contribution is -3.07. The lowest BCUT2D eigenvalue weighted by atomic mass is 10.1. The van der Waals surface area contributed by atoms with Crippen LogP contribution in [-0.4, -0.2) is 38.1 Å². The molecule has 0 spiro atoms. The Labute approximate surface area is 156 Å². The summed E-state index contributed by atoms with van der Waals surface area (Å²) in [5, 5.41) is 13.6. The minimum Gasteiger partial charge on any atom is -0.482 e. The Bertz CT molecular complexity index is 768. The molecule has 8 heteroatoms. The van der Waals surface area contributed by atoms with E-state index in [0.29, 0.717) is 6.54 Å². The average molecular weight is 379 g/mol. The van der Waals surface area contributed by atoms with Gasteiger partial charge in [-0.2, -0.15) is 0 Å². The zero-order valence-corrected chi connectivity index (χ0v) is 15.3. The van der Waals surface area contributed by atoms with Gasteiger partial charge in [-0.25, -0.2) is 0 Å². The molecule has 2 aromatic rings. The molecule has 138 valence electrons. The number of non-ortho nitro benzene ring substituents is 1. The number of nitrogens with zero attached hydrogens (tertiary/aromatic N) is 1. The van der Waals surface area contributed by atoms with Crippen LogP contribution in [-0.2, 0) is 4.79 Å². The molecule has 2 N–H and O–H groups in total. The second-order valence-electron chi connectivity index (χ2n) is 6.01. The lowest BCUT2D eigenvalue weighted by Gasteiger charge is -2.22. The maximum Gasteiger partial charge on any atom is 0.271 e. The van der Waals surface area contributed by atoms with E-state index in [9.17, 15) is 14.9 Å². The number of hydrogen-bond donors (Lipinski definition) is 2. The Morgan fingerprint density at radius 3 is 2.54 bits per heavy atom. The predicted molar refractivity (Wildman–Crippen MR) is 98.6 cm³/mol. The molecule has 2 aromatic carbocycles. The van der Waals surface area contributed by atoms with E-state index in [1.807, 2.05) is 44.4 Å². The maximum atomic E-state index is 12.1. The van der Waals surface area contributed by atoms with Gasteiger partial charge in [-0.1, -0.05) is 41.9 Å². The van der Waals surface area contributed by atoms with Gasteiger partial charge in [0, 0.05) is 17.7 Å². The van der Waals surface area contributed by atoms with Crippen molar-refractivity contribution in [2.75, 3.05) is 27.2 Å². The number of benzene rings is 2. The van der Waals surface area contributed by atoms with Crippen molar-refractivity contribution in [3.63, 3.8) is 0 Å². The molecular formula is C18H21ClN3O4+. The topological polar surface area (TPSA) is 85.9 Å². The van der Waals surface area contributed by atoms with Crippen LogP contribution in [0.15, 0.2) is 48.5 Å². The molecule has 0 aromatic heterocycles. The Hall–Kier alpha value is -2.64. The number of likely N-dealkylation sites (N-methyl/N-ethyl adjacent to an activating group) is 1. The summed E-state index contributed by atoms with van der Waals surface area (Å²) >= 11 is 5.94. The van der Waals surface area contributed by atoms with Gasteiger partial charge in [0.1, 0.15) is 11.8 Å². The third kappa shape index (κ3) is 5.44. The largest absolute Gasteiger partial charge is 0.482 e. The number of carbonyl (C=O) groups excluding carboxylic acids is 1. The van der Waals surface area contributed by atoms with E-state index in [1.54, 1.807) is 0 Å². The van der Waals surface area contributed by atoms with E-state index in [-0.39, 0.29) is 35.0 Å². The van der Waals surface area contributed by atoms with Gasteiger partial charge < -0.3 is 15.0 Å². The van der Waals surface area contributed by atoms with Crippen LogP contribution in [0.4, 0.5) is 5.69 Å². The number of halogens is 1. The minimum atomic E-state index is -0.546. The van der Waals surface area contributed by atoms with Crippen LogP contribution in [0.2, 0.25) is 5.02 Å². The van der Waals surface area contributed by atoms with Gasteiger partial charge in [0.25, 0.3) is 11.6 Å². The first-order valence-corrected chi connectivity index (χ1v) is 8.44. The first-order chi connectivity index (χ1) is 12.4. The second kappa shape index (κ2) is 9.17. The standard InChI is InChI=1S/C18H20ClN3O4/c1-21(2)16(13-6-4-3-5-7-13)11-20-18(23)12-26-17-9-8-14(22(24)25)10-15(17)19/h3-10,16H,11-12H2,1-2H3,(H,20,23)/p+1/t16-/m0/s1. The van der Waals surface area contributed by atoms with Crippen LogP contribution >= 0.6 is 11.6 Å². The lowest BCUT2D eigenvalue weighted by molar-refractivity contribution is -0.890. The van der Waals surface area contributed by atoms with Gasteiger partial charge in [0.15, 0.2) is 6.61 Å². The van der Waals surface area contributed by atoms with E-state index in [2.05, 4.69) is 5.32 Å². The zero-order valence-electron chi connectivity index (χ0n) is 14.6. The van der Waals surface area contributed by atoms with Crippen LogP contribution in [0.25, 0.3) is 0 Å². The second-order valence-corrected chi connectivity index (χ2v) is 6.41. The summed E-state index contributed by atoms with van der Waals surface area (Å²) in [6, 6.07) is 13.9. The molecule has 1 amide bonds. The Morgan fingerprint density at radius 1 is 1.27 bits per heavy atom. The van der Waals surface area contributed by atoms with Gasteiger partial charge in [0.2, 0.25) is 0 Å². The van der Waals surface area contributed by atoms with Gasteiger partial charge in [-0.15, -0.1) is 0 Å². The van der Waals surface area contributed by atoms with Crippen molar-refractivity contribution >= 4 is 23.2 Å². The fourth-order valence-corrected chi connectivity index (χ4v) is 2.70. The highest BCUT2D eigenvalue weighted by Crippen LogP contribution is 2.28. The fraction of sp³-hybridized carbons (Fsp3) is 0.278. The van der Waals surface area contributed by atoms with Crippen LogP contribution in [0.5, 0.6) is 5.75 Å². The average Bonchev–Trinajstić information content (AvgIpc) is 2.61. The third-order valence-electron chi connectivity index (χ3n) is 3.89. The number of rotatable bonds is 8. The zero-order chi connectivity index (χ0) is 19.1. The summed E-state index contributed by atoms with van der Waals surface area (Å²) in [6.45, 7) is 0.240. The molecule has 2 rings (SSSR count). The van der Waals surface area contributed by atoms with E-state index >= 15 is 0 Å². The number of nitrogens with one attached hydrogen (secondary N) is 2. The molecule has 1 atom stereocenters. The fourth-order valence-electron chi connectivity index (χ4n) is 2.47. The van der Waals surface area contributed by atoms with E-state index in [0.717, 1.165) is 5.56 Å². The highest BCUT2D eigenvalue weighted by Gasteiger charge is 2.19. The van der Waals surface area contributed by atoms with Gasteiger partial charge in [-0.05, 0) is 6.07 Å². The van der Waals surface area contributed by atoms with Crippen molar-refractivity contribution in [3.8, 4) is 5.75 Å². The van der Waals surface area contributed by atoms with Crippen molar-refractivity contribution in [2.45, 2.75) is 6.04 Å². The highest BCUT2D eigenvalue weighted by atomic mass is 35.5. The van der Waals surface area contributed by atoms with E-state index in [1.165, 1.54) is 23.1 Å². The quantitative estimate of drug-likeness (QED) is 0.540. The predicted octanol–water partition coefficient (Wildman–Crippen LogP) is 1.63. The molecular weight excluding hydrogens is 358 g/mol. The maximum absolute atomic E-state index is 12.1. The number of nitro groups is 1. The highest BCUT2D eigenvalue weighted by molar-refractivity contribution is 6.32. The summed E-state index contributed by atoms with van der Waals surface area (Å²) in [4.78, 5) is 23.4. The van der Waals surface area contributed by atoms with Gasteiger partial charge >= 0.3 is 0 Å². The molecule has 26 heavy (non-hydrogen) atoms. The van der Waals surface area contributed by atoms with Crippen molar-refractivity contribution in [1.82, 2.24) is 5.32 Å². The number of hydrogen-bond acceptors (Lipinski definition) is 4. The molecule has 7 nitrogen and oxygen atoms in total. The molecule has 0 saturated heterocycles. The van der Waals surface area contributed by atoms with Gasteiger partial charge in [0.05, 0.1) is 30.6 Å². The Balaban J connectivity index is 1.89. The number of amides is 1. The molecule has 0 aliphatic rings. The molecule has 0 radical (unpaired) electrons. The van der Waals surface area contributed by atoms with E-state index < -0.39 is 4.92 Å². The van der Waals surface area contributed by atoms with Crippen LogP contribution < -0.4 is 15.0 Å². The minimum absolute atomic E-state index is 0.0897. The monoisotopic (exact) mass is 378 g/mol. The molecule has 0 aliphatic carbocycles. The first kappa shape index (κ1) is 19.7. The normalized spacial score (nSPS) is 11.8. The molecule has 0 fully saturated rings. The first-order valence-electron chi connectivity index (χ1n) is 8.07. The van der Waals surface area contributed by atoms with Crippen LogP contribution in [0, 0.1) is 10.1 Å². The van der Waals surface area contributed by atoms with Crippen LogP contribution in [0.1, 0.15) is 11.6 Å². The Kier molecular flexibility index (Phi) is 6.94. The molecule has 0 aliphatic heterocycles. The molecule has 0 heterocycles. The van der Waals surface area contributed by atoms with E-state index in [4.69, 9.17) is 16.3 Å². The summed E-state index contributed by atoms with van der Waals surface area (Å²) < 4.78 is 5.36. The van der Waals surface area contributed by atoms with Crippen molar-refractivity contribution in [2.24, 2.45) is 0 Å². The van der Waals surface area contributed by atoms with Crippen molar-refractivity contribution < 1.29 is 19.4 Å². The Morgan fingerprint density at radius 2 is 1.96 bits per heavy atom. The number of ether oxygens (including phenoxy) is 1. The smallest absolute Gasteiger partial charge is 0.271 e. The number of carbonyl (C=O) groups is 1. The summed E-state index contributed by atoms with van der Waals surface area (Å²) in [6.07, 6.45) is 0. The molecule has 0 unspecified atom stereocenters. The summed E-state index contributed by atoms with van der Waals surface area (Å²) in [5.41, 5.74) is 0.999. The third-order valence-corrected chi connectivity index (χ3v) is 4.18. The van der Waals surface area contributed by atoms with Crippen LogP contribution in [0.3, 0.4) is 0 Å². The number of quaternary nitrogens is 1. The van der Waals surface area contributed by atoms with Gasteiger partial charge in [-0.3, -0.25) is 14.9 Å². The molecule has 0 bridgehead atoms. The molecule has 0 saturated carbocycles. The summed E-state index contributed by atoms with van der Waals surface area (Å²) in [5.74, 6) is -0.0631. The number of nitro benzene ring substituents is 1. The van der Waals surface area contributed by atoms with Crippen molar-refractivity contribution in [3.05, 3.63) is 69.2 Å². The summed E-state index contributed by atoms with van der Waals surface area (Å²) in [7, 11) is 4.05.